The molecule has 4 N–H and O–H groups in total. The van der Waals surface area contributed by atoms with E-state index in [1.165, 1.54) is 24.3 Å². The molecule has 1 rings (SSSR count). The van der Waals surface area contributed by atoms with Crippen LogP contribution in [0.25, 0.3) is 0 Å². The number of nitrogen functional groups attached to an aromatic ring is 1. The number of aliphatic hydroxyl groups is 1. The van der Waals surface area contributed by atoms with E-state index in [9.17, 15) is 8.42 Å². The van der Waals surface area contributed by atoms with E-state index in [2.05, 4.69) is 0 Å². The first-order valence-corrected chi connectivity index (χ1v) is 5.29. The van der Waals surface area contributed by atoms with E-state index in [1.54, 1.807) is 6.92 Å². The number of rotatable bonds is 1. The SMILES string of the molecule is CCO.Nc1cccc(S(=O)(=O)O)c1. The van der Waals surface area contributed by atoms with Crippen LogP contribution >= 0.6 is 0 Å². The van der Waals surface area contributed by atoms with Crippen LogP contribution in [-0.4, -0.2) is 24.7 Å². The van der Waals surface area contributed by atoms with Gasteiger partial charge in [-0.1, -0.05) is 6.07 Å². The van der Waals surface area contributed by atoms with Crippen LogP contribution in [0.4, 0.5) is 5.69 Å². The Hall–Kier alpha value is -1.11. The molecule has 0 aliphatic carbocycles. The lowest BCUT2D eigenvalue weighted by molar-refractivity contribution is 0.318. The summed E-state index contributed by atoms with van der Waals surface area (Å²) in [5.74, 6) is 0. The van der Waals surface area contributed by atoms with E-state index >= 15 is 0 Å². The zero-order chi connectivity index (χ0) is 11.2. The van der Waals surface area contributed by atoms with Gasteiger partial charge in [-0.2, -0.15) is 8.42 Å². The minimum Gasteiger partial charge on any atom is -0.399 e. The predicted molar refractivity (Wildman–Crippen MR) is 53.4 cm³/mol. The monoisotopic (exact) mass is 219 g/mol. The molecule has 5 nitrogen and oxygen atoms in total. The Morgan fingerprint density at radius 2 is 1.93 bits per heavy atom. The highest BCUT2D eigenvalue weighted by molar-refractivity contribution is 7.85. The first-order valence-electron chi connectivity index (χ1n) is 3.85. The molecular formula is C8H13NO4S. The first-order chi connectivity index (χ1) is 6.41. The summed E-state index contributed by atoms with van der Waals surface area (Å²) >= 11 is 0. The number of nitrogens with two attached hydrogens (primary N) is 1. The molecule has 0 amide bonds. The molecule has 0 aromatic heterocycles. The molecule has 6 heteroatoms. The number of hydrogen-bond acceptors (Lipinski definition) is 4. The molecule has 1 aromatic rings. The van der Waals surface area contributed by atoms with Crippen LogP contribution in [0, 0.1) is 0 Å². The second kappa shape index (κ2) is 5.58. The van der Waals surface area contributed by atoms with Crippen LogP contribution in [0.1, 0.15) is 6.92 Å². The molecule has 0 atom stereocenters. The predicted octanol–water partition coefficient (Wildman–Crippen LogP) is 0.514. The minimum absolute atomic E-state index is 0.183. The van der Waals surface area contributed by atoms with Crippen molar-refractivity contribution in [3.8, 4) is 0 Å². The zero-order valence-corrected chi connectivity index (χ0v) is 8.53. The summed E-state index contributed by atoms with van der Waals surface area (Å²) < 4.78 is 29.5. The standard InChI is InChI=1S/C6H7NO3S.C2H6O/c7-5-2-1-3-6(4-5)11(8,9)10;1-2-3/h1-4H,7H2,(H,8,9,10);3H,2H2,1H3. The summed E-state index contributed by atoms with van der Waals surface area (Å²) in [4.78, 5) is -0.183. The molecule has 0 unspecified atom stereocenters. The average Bonchev–Trinajstić information content (AvgIpc) is 2.04. The fourth-order valence-electron chi connectivity index (χ4n) is 0.675. The van der Waals surface area contributed by atoms with Gasteiger partial charge in [-0.05, 0) is 25.1 Å². The lowest BCUT2D eigenvalue weighted by Crippen LogP contribution is -1.98. The lowest BCUT2D eigenvalue weighted by Gasteiger charge is -1.96. The molecule has 0 aliphatic heterocycles. The second-order valence-corrected chi connectivity index (χ2v) is 3.79. The van der Waals surface area contributed by atoms with Gasteiger partial charge in [0.25, 0.3) is 10.1 Å². The smallest absolute Gasteiger partial charge is 0.294 e. The van der Waals surface area contributed by atoms with Crippen LogP contribution in [-0.2, 0) is 10.1 Å². The molecule has 0 bridgehead atoms. The fraction of sp³-hybridized carbons (Fsp3) is 0.250. The molecule has 14 heavy (non-hydrogen) atoms. The number of hydrogen-bond donors (Lipinski definition) is 3. The topological polar surface area (TPSA) is 101 Å². The molecule has 0 spiro atoms. The maximum atomic E-state index is 10.5. The van der Waals surface area contributed by atoms with Gasteiger partial charge >= 0.3 is 0 Å². The maximum Gasteiger partial charge on any atom is 0.294 e. The minimum atomic E-state index is -4.11. The Bertz CT molecular complexity index is 375. The highest BCUT2D eigenvalue weighted by Gasteiger charge is 2.07. The molecular weight excluding hydrogens is 206 g/mol. The van der Waals surface area contributed by atoms with E-state index in [1.807, 2.05) is 0 Å². The molecule has 0 fully saturated rings. The van der Waals surface area contributed by atoms with Crippen molar-refractivity contribution in [1.82, 2.24) is 0 Å². The van der Waals surface area contributed by atoms with Crippen LogP contribution in [0.5, 0.6) is 0 Å². The average molecular weight is 219 g/mol. The van der Waals surface area contributed by atoms with E-state index in [0.717, 1.165) is 0 Å². The molecule has 80 valence electrons. The first kappa shape index (κ1) is 12.9. The fourth-order valence-corrected chi connectivity index (χ4v) is 1.21. The Morgan fingerprint density at radius 1 is 1.43 bits per heavy atom. The van der Waals surface area contributed by atoms with Gasteiger partial charge in [0.05, 0.1) is 4.90 Å². The Kier molecular flexibility index (Phi) is 5.14. The van der Waals surface area contributed by atoms with Crippen molar-refractivity contribution in [1.29, 1.82) is 0 Å². The summed E-state index contributed by atoms with van der Waals surface area (Å²) in [5, 5.41) is 7.57. The van der Waals surface area contributed by atoms with Crippen molar-refractivity contribution in [3.05, 3.63) is 24.3 Å². The molecule has 0 saturated heterocycles. The summed E-state index contributed by atoms with van der Waals surface area (Å²) in [6.07, 6.45) is 0. The molecule has 1 aromatic carbocycles. The molecule has 0 heterocycles. The number of anilines is 1. The van der Waals surface area contributed by atoms with E-state index in [-0.39, 0.29) is 11.5 Å². The Morgan fingerprint density at radius 3 is 2.21 bits per heavy atom. The van der Waals surface area contributed by atoms with E-state index < -0.39 is 10.1 Å². The normalized spacial score (nSPS) is 10.2. The quantitative estimate of drug-likeness (QED) is 0.472. The van der Waals surface area contributed by atoms with Gasteiger partial charge in [0.1, 0.15) is 0 Å². The van der Waals surface area contributed by atoms with Gasteiger partial charge in [0.15, 0.2) is 0 Å². The maximum absolute atomic E-state index is 10.5. The molecule has 0 radical (unpaired) electrons. The Labute approximate surface area is 82.9 Å². The van der Waals surface area contributed by atoms with Crippen molar-refractivity contribution >= 4 is 15.8 Å². The van der Waals surface area contributed by atoms with Gasteiger partial charge in [-0.15, -0.1) is 0 Å². The largest absolute Gasteiger partial charge is 0.399 e. The summed E-state index contributed by atoms with van der Waals surface area (Å²) in [6.45, 7) is 1.93. The zero-order valence-electron chi connectivity index (χ0n) is 7.71. The second-order valence-electron chi connectivity index (χ2n) is 2.36. The van der Waals surface area contributed by atoms with Crippen molar-refractivity contribution in [2.24, 2.45) is 0 Å². The lowest BCUT2D eigenvalue weighted by atomic mass is 10.3. The highest BCUT2D eigenvalue weighted by atomic mass is 32.2. The summed E-state index contributed by atoms with van der Waals surface area (Å²) in [7, 11) is -4.11. The number of benzene rings is 1. The van der Waals surface area contributed by atoms with Crippen LogP contribution < -0.4 is 5.73 Å². The third-order valence-electron chi connectivity index (χ3n) is 1.16. The Balaban J connectivity index is 0.000000500. The molecule has 0 saturated carbocycles. The van der Waals surface area contributed by atoms with Crippen LogP contribution in [0.2, 0.25) is 0 Å². The van der Waals surface area contributed by atoms with E-state index in [0.29, 0.717) is 5.69 Å². The van der Waals surface area contributed by atoms with Gasteiger partial charge in [-0.25, -0.2) is 0 Å². The van der Waals surface area contributed by atoms with Crippen molar-refractivity contribution in [3.63, 3.8) is 0 Å². The van der Waals surface area contributed by atoms with Gasteiger partial charge in [0, 0.05) is 12.3 Å². The van der Waals surface area contributed by atoms with Crippen molar-refractivity contribution in [2.75, 3.05) is 12.3 Å². The van der Waals surface area contributed by atoms with Gasteiger partial charge in [0.2, 0.25) is 0 Å². The van der Waals surface area contributed by atoms with Crippen molar-refractivity contribution in [2.45, 2.75) is 11.8 Å². The van der Waals surface area contributed by atoms with E-state index in [4.69, 9.17) is 15.4 Å². The summed E-state index contributed by atoms with van der Waals surface area (Å²) in [6, 6.07) is 5.45. The number of aliphatic hydroxyl groups excluding tert-OH is 1. The third-order valence-corrected chi connectivity index (χ3v) is 2.01. The van der Waals surface area contributed by atoms with Crippen molar-refractivity contribution < 1.29 is 18.1 Å². The third kappa shape index (κ3) is 4.80. The van der Waals surface area contributed by atoms with Gasteiger partial charge < -0.3 is 10.8 Å². The molecule has 0 aliphatic rings. The van der Waals surface area contributed by atoms with Crippen LogP contribution in [0.15, 0.2) is 29.2 Å². The van der Waals surface area contributed by atoms with Crippen LogP contribution in [0.3, 0.4) is 0 Å². The highest BCUT2D eigenvalue weighted by Crippen LogP contribution is 2.11. The summed E-state index contributed by atoms with van der Waals surface area (Å²) in [5.41, 5.74) is 5.59. The van der Waals surface area contributed by atoms with Gasteiger partial charge in [-0.3, -0.25) is 4.55 Å².